The second-order valence-electron chi connectivity index (χ2n) is 7.31. The molecule has 0 amide bonds. The number of rotatable bonds is 6. The van der Waals surface area contributed by atoms with Crippen molar-refractivity contribution in [1.29, 1.82) is 0 Å². The van der Waals surface area contributed by atoms with Gasteiger partial charge in [0.05, 0.1) is 25.0 Å². The van der Waals surface area contributed by atoms with E-state index in [4.69, 9.17) is 9.47 Å². The van der Waals surface area contributed by atoms with Crippen LogP contribution in [0.1, 0.15) is 64.7 Å². The summed E-state index contributed by atoms with van der Waals surface area (Å²) in [5.74, 6) is 0. The third-order valence-electron chi connectivity index (χ3n) is 5.86. The maximum absolute atomic E-state index is 6.32. The third kappa shape index (κ3) is 3.66. The van der Waals surface area contributed by atoms with Crippen LogP contribution in [0, 0.1) is 0 Å². The number of hydrogen-bond donors (Lipinski definition) is 1. The van der Waals surface area contributed by atoms with Crippen molar-refractivity contribution < 1.29 is 9.47 Å². The first kappa shape index (κ1) is 16.7. The zero-order valence-corrected chi connectivity index (χ0v) is 14.4. The molecule has 3 aliphatic rings. The molecule has 0 bridgehead atoms. The van der Waals surface area contributed by atoms with Gasteiger partial charge in [0, 0.05) is 19.2 Å². The molecule has 0 spiro atoms. The highest BCUT2D eigenvalue weighted by Crippen LogP contribution is 2.31. The molecular weight excluding hydrogens is 276 g/mol. The van der Waals surface area contributed by atoms with E-state index in [1.165, 1.54) is 51.5 Å². The molecule has 1 aliphatic heterocycles. The summed E-state index contributed by atoms with van der Waals surface area (Å²) >= 11 is 0. The maximum Gasteiger partial charge on any atom is 0.0844 e. The molecule has 128 valence electrons. The van der Waals surface area contributed by atoms with Gasteiger partial charge in [0.2, 0.25) is 0 Å². The van der Waals surface area contributed by atoms with Crippen LogP contribution in [0.4, 0.5) is 0 Å². The van der Waals surface area contributed by atoms with Crippen LogP contribution in [-0.2, 0) is 9.47 Å². The van der Waals surface area contributed by atoms with Gasteiger partial charge in [-0.3, -0.25) is 10.2 Å². The van der Waals surface area contributed by atoms with E-state index in [-0.39, 0.29) is 0 Å². The predicted octanol–water partition coefficient (Wildman–Crippen LogP) is 2.91. The Morgan fingerprint density at radius 3 is 2.50 bits per heavy atom. The van der Waals surface area contributed by atoms with Gasteiger partial charge in [-0.2, -0.15) is 0 Å². The van der Waals surface area contributed by atoms with Crippen molar-refractivity contribution >= 4 is 0 Å². The van der Waals surface area contributed by atoms with Gasteiger partial charge in [0.15, 0.2) is 0 Å². The number of ether oxygens (including phenoxy) is 2. The molecule has 5 unspecified atom stereocenters. The minimum absolute atomic E-state index is 0.298. The zero-order chi connectivity index (χ0) is 15.4. The maximum atomic E-state index is 6.32. The minimum Gasteiger partial charge on any atom is -0.379 e. The van der Waals surface area contributed by atoms with E-state index in [2.05, 4.69) is 17.1 Å². The van der Waals surface area contributed by atoms with E-state index >= 15 is 0 Å². The highest BCUT2D eigenvalue weighted by molar-refractivity contribution is 4.98. The molecule has 4 heteroatoms. The van der Waals surface area contributed by atoms with Crippen LogP contribution in [0.25, 0.3) is 0 Å². The molecular formula is C18H34N2O2. The van der Waals surface area contributed by atoms with Crippen molar-refractivity contribution in [3.05, 3.63) is 0 Å². The van der Waals surface area contributed by atoms with Crippen molar-refractivity contribution in [1.82, 2.24) is 10.2 Å². The summed E-state index contributed by atoms with van der Waals surface area (Å²) in [4.78, 5) is 2.69. The van der Waals surface area contributed by atoms with E-state index in [9.17, 15) is 0 Å². The quantitative estimate of drug-likeness (QED) is 0.818. The molecule has 3 rings (SSSR count). The highest BCUT2D eigenvalue weighted by Gasteiger charge is 2.41. The topological polar surface area (TPSA) is 33.7 Å². The molecule has 0 radical (unpaired) electrons. The standard InChI is InChI=1S/C18H34N2O2/c1-3-12-20-15-9-5-4-8-14(15)19-18(20)13-22-17-11-7-6-10-16(17)21-2/h14-19H,3-13H2,1-2H3. The molecule has 5 atom stereocenters. The molecule has 1 heterocycles. The van der Waals surface area contributed by atoms with E-state index < -0.39 is 0 Å². The number of nitrogens with one attached hydrogen (secondary N) is 1. The summed E-state index contributed by atoms with van der Waals surface area (Å²) in [6.45, 7) is 4.30. The number of fused-ring (bicyclic) bond motifs is 1. The van der Waals surface area contributed by atoms with Gasteiger partial charge in [-0.05, 0) is 38.6 Å². The van der Waals surface area contributed by atoms with E-state index in [0.29, 0.717) is 24.4 Å². The normalized spacial score (nSPS) is 39.8. The Kier molecular flexibility index (Phi) is 6.14. The lowest BCUT2D eigenvalue weighted by atomic mass is 9.91. The first-order valence-corrected chi connectivity index (χ1v) is 9.49. The van der Waals surface area contributed by atoms with Gasteiger partial charge >= 0.3 is 0 Å². The third-order valence-corrected chi connectivity index (χ3v) is 5.86. The summed E-state index contributed by atoms with van der Waals surface area (Å²) < 4.78 is 12.0. The fraction of sp³-hybridized carbons (Fsp3) is 1.00. The van der Waals surface area contributed by atoms with Crippen molar-refractivity contribution in [2.24, 2.45) is 0 Å². The van der Waals surface area contributed by atoms with Gasteiger partial charge in [-0.15, -0.1) is 0 Å². The molecule has 2 saturated carbocycles. The Hall–Kier alpha value is -0.160. The van der Waals surface area contributed by atoms with Gasteiger partial charge in [-0.25, -0.2) is 0 Å². The number of methoxy groups -OCH3 is 1. The number of nitrogens with zero attached hydrogens (tertiary/aromatic N) is 1. The summed E-state index contributed by atoms with van der Waals surface area (Å²) in [6.07, 6.45) is 12.6. The van der Waals surface area contributed by atoms with E-state index in [0.717, 1.165) is 25.5 Å². The Balaban J connectivity index is 1.55. The van der Waals surface area contributed by atoms with E-state index in [1.54, 1.807) is 0 Å². The summed E-state index contributed by atoms with van der Waals surface area (Å²) in [7, 11) is 1.83. The van der Waals surface area contributed by atoms with Gasteiger partial charge in [-0.1, -0.05) is 32.6 Å². The average Bonchev–Trinajstić information content (AvgIpc) is 2.91. The zero-order valence-electron chi connectivity index (χ0n) is 14.4. The van der Waals surface area contributed by atoms with E-state index in [1.807, 2.05) is 7.11 Å². The smallest absolute Gasteiger partial charge is 0.0844 e. The van der Waals surface area contributed by atoms with Crippen molar-refractivity contribution in [2.75, 3.05) is 20.3 Å². The predicted molar refractivity (Wildman–Crippen MR) is 89.0 cm³/mol. The first-order valence-electron chi connectivity index (χ1n) is 9.49. The highest BCUT2D eigenvalue weighted by atomic mass is 16.5. The Morgan fingerprint density at radius 2 is 1.73 bits per heavy atom. The molecule has 0 aromatic carbocycles. The second kappa shape index (κ2) is 8.09. The molecule has 3 fully saturated rings. The van der Waals surface area contributed by atoms with Gasteiger partial charge in [0.1, 0.15) is 0 Å². The molecule has 4 nitrogen and oxygen atoms in total. The lowest BCUT2D eigenvalue weighted by molar-refractivity contribution is -0.0897. The largest absolute Gasteiger partial charge is 0.379 e. The molecule has 2 aliphatic carbocycles. The lowest BCUT2D eigenvalue weighted by Crippen LogP contribution is -2.45. The molecule has 0 aromatic rings. The molecule has 1 N–H and O–H groups in total. The van der Waals surface area contributed by atoms with Crippen LogP contribution >= 0.6 is 0 Å². The van der Waals surface area contributed by atoms with Crippen LogP contribution in [0.15, 0.2) is 0 Å². The second-order valence-corrected chi connectivity index (χ2v) is 7.31. The fourth-order valence-electron chi connectivity index (χ4n) is 4.74. The molecule has 1 saturated heterocycles. The minimum atomic E-state index is 0.298. The monoisotopic (exact) mass is 310 g/mol. The summed E-state index contributed by atoms with van der Waals surface area (Å²) in [5, 5.41) is 3.86. The lowest BCUT2D eigenvalue weighted by Gasteiger charge is -2.34. The average molecular weight is 310 g/mol. The SMILES string of the molecule is CCCN1C(COC2CCCCC2OC)NC2CCCCC21. The van der Waals surface area contributed by atoms with Crippen LogP contribution < -0.4 is 5.32 Å². The van der Waals surface area contributed by atoms with Crippen molar-refractivity contribution in [3.8, 4) is 0 Å². The first-order chi connectivity index (χ1) is 10.8. The summed E-state index contributed by atoms with van der Waals surface area (Å²) in [5.41, 5.74) is 0. The molecule has 0 aromatic heterocycles. The Labute approximate surface area is 135 Å². The van der Waals surface area contributed by atoms with Crippen LogP contribution in [0.3, 0.4) is 0 Å². The van der Waals surface area contributed by atoms with Gasteiger partial charge < -0.3 is 9.47 Å². The van der Waals surface area contributed by atoms with Crippen molar-refractivity contribution in [3.63, 3.8) is 0 Å². The molecule has 22 heavy (non-hydrogen) atoms. The Bertz CT molecular complexity index is 339. The Morgan fingerprint density at radius 1 is 1.00 bits per heavy atom. The van der Waals surface area contributed by atoms with Crippen LogP contribution in [0.5, 0.6) is 0 Å². The summed E-state index contributed by atoms with van der Waals surface area (Å²) in [6, 6.07) is 1.44. The van der Waals surface area contributed by atoms with Crippen LogP contribution in [0.2, 0.25) is 0 Å². The van der Waals surface area contributed by atoms with Crippen molar-refractivity contribution in [2.45, 2.75) is 95.2 Å². The fourth-order valence-corrected chi connectivity index (χ4v) is 4.74. The van der Waals surface area contributed by atoms with Gasteiger partial charge in [0.25, 0.3) is 0 Å². The number of hydrogen-bond acceptors (Lipinski definition) is 4. The van der Waals surface area contributed by atoms with Crippen LogP contribution in [-0.4, -0.2) is 55.6 Å².